The van der Waals surface area contributed by atoms with E-state index in [1.807, 2.05) is 6.08 Å². The molecule has 0 aromatic rings. The van der Waals surface area contributed by atoms with E-state index in [9.17, 15) is 20.1 Å². The maximum absolute atomic E-state index is 12.5. The Kier molecular flexibility index (Phi) is 47.6. The summed E-state index contributed by atoms with van der Waals surface area (Å²) in [6, 6.07) is -0.824. The lowest BCUT2D eigenvalue weighted by Gasteiger charge is -2.21. The van der Waals surface area contributed by atoms with Crippen molar-refractivity contribution in [3.05, 3.63) is 48.6 Å². The van der Waals surface area contributed by atoms with Gasteiger partial charge in [-0.3, -0.25) is 4.79 Å². The molecule has 4 N–H and O–H groups in total. The van der Waals surface area contributed by atoms with Crippen LogP contribution in [0.5, 0.6) is 0 Å². The number of nitrogens with one attached hydrogen (secondary N) is 1. The highest BCUT2D eigenvalue weighted by Gasteiger charge is 2.22. The molecule has 0 aromatic carbocycles. The van der Waals surface area contributed by atoms with E-state index in [4.69, 9.17) is 0 Å². The van der Waals surface area contributed by atoms with Gasteiger partial charge in [-0.2, -0.15) is 0 Å². The third-order valence-corrected chi connectivity index (χ3v) is 11.9. The third-order valence-electron chi connectivity index (χ3n) is 11.9. The zero-order valence-electron chi connectivity index (χ0n) is 39.4. The number of aliphatic hydroxyl groups excluding tert-OH is 3. The standard InChI is InChI=1S/C54H101NO4/c1-3-5-7-9-11-13-15-17-19-21-23-25-27-29-31-33-35-37-39-41-43-45-47-49-53(58)54(59)55-51(50-56)52(57)48-46-44-42-40-38-36-34-32-30-28-26-24-22-20-18-16-14-12-10-8-6-4-2/h29-32,38,40,46,48,51-53,56-58H,3-28,33-37,39,41-45,47,49-50H2,1-2H3,(H,55,59)/b31-29-,32-30+,40-38+,48-46+. The molecule has 3 unspecified atom stereocenters. The molecule has 1 amide bonds. The Hall–Kier alpha value is -1.69. The van der Waals surface area contributed by atoms with Gasteiger partial charge in [0, 0.05) is 0 Å². The highest BCUT2D eigenvalue weighted by molar-refractivity contribution is 5.80. The van der Waals surface area contributed by atoms with Crippen LogP contribution in [0.2, 0.25) is 0 Å². The van der Waals surface area contributed by atoms with Crippen LogP contribution in [0.1, 0.15) is 264 Å². The Morgan fingerprint density at radius 1 is 0.407 bits per heavy atom. The number of amides is 1. The van der Waals surface area contributed by atoms with Crippen molar-refractivity contribution >= 4 is 5.91 Å². The molecule has 5 heteroatoms. The first-order valence-electron chi connectivity index (χ1n) is 26.0. The van der Waals surface area contributed by atoms with Crippen LogP contribution in [0.4, 0.5) is 0 Å². The van der Waals surface area contributed by atoms with Crippen molar-refractivity contribution in [2.45, 2.75) is 283 Å². The second-order valence-electron chi connectivity index (χ2n) is 17.7. The zero-order valence-corrected chi connectivity index (χ0v) is 39.4. The minimum Gasteiger partial charge on any atom is -0.394 e. The summed E-state index contributed by atoms with van der Waals surface area (Å²) in [5.41, 5.74) is 0. The molecule has 346 valence electrons. The van der Waals surface area contributed by atoms with Crippen molar-refractivity contribution in [2.24, 2.45) is 0 Å². The summed E-state index contributed by atoms with van der Waals surface area (Å²) >= 11 is 0. The zero-order chi connectivity index (χ0) is 43.0. The quantitative estimate of drug-likeness (QED) is 0.0363. The van der Waals surface area contributed by atoms with Gasteiger partial charge in [0.15, 0.2) is 0 Å². The number of carbonyl (C=O) groups excluding carboxylic acids is 1. The summed E-state index contributed by atoms with van der Waals surface area (Å²) in [4.78, 5) is 12.5. The van der Waals surface area contributed by atoms with Crippen LogP contribution >= 0.6 is 0 Å². The molecule has 0 saturated heterocycles. The topological polar surface area (TPSA) is 89.8 Å². The molecule has 0 fully saturated rings. The smallest absolute Gasteiger partial charge is 0.249 e. The molecule has 0 aliphatic heterocycles. The molecule has 0 spiro atoms. The monoisotopic (exact) mass is 828 g/mol. The largest absolute Gasteiger partial charge is 0.394 e. The molecule has 5 nitrogen and oxygen atoms in total. The lowest BCUT2D eigenvalue weighted by Crippen LogP contribution is -2.48. The second kappa shape index (κ2) is 49.0. The summed E-state index contributed by atoms with van der Waals surface area (Å²) < 4.78 is 0. The molecular formula is C54H101NO4. The van der Waals surface area contributed by atoms with Gasteiger partial charge in [0.1, 0.15) is 6.10 Å². The Balaban J connectivity index is 3.69. The Labute approximate surface area is 367 Å². The fraction of sp³-hybridized carbons (Fsp3) is 0.833. The molecule has 0 aliphatic carbocycles. The van der Waals surface area contributed by atoms with Gasteiger partial charge in [-0.15, -0.1) is 0 Å². The van der Waals surface area contributed by atoms with Gasteiger partial charge in [-0.1, -0.05) is 242 Å². The van der Waals surface area contributed by atoms with E-state index >= 15 is 0 Å². The van der Waals surface area contributed by atoms with Crippen molar-refractivity contribution < 1.29 is 20.1 Å². The summed E-state index contributed by atoms with van der Waals surface area (Å²) in [5, 5.41) is 33.3. The molecule has 3 atom stereocenters. The Morgan fingerprint density at radius 3 is 1.03 bits per heavy atom. The van der Waals surface area contributed by atoms with Crippen molar-refractivity contribution in [2.75, 3.05) is 6.61 Å². The van der Waals surface area contributed by atoms with E-state index in [-0.39, 0.29) is 6.61 Å². The average molecular weight is 828 g/mol. The molecule has 0 aliphatic rings. The lowest BCUT2D eigenvalue weighted by molar-refractivity contribution is -0.131. The molecule has 0 aromatic heterocycles. The van der Waals surface area contributed by atoms with Gasteiger partial charge in [-0.05, 0) is 70.6 Å². The number of allylic oxidation sites excluding steroid dienone is 7. The molecule has 0 saturated carbocycles. The Bertz CT molecular complexity index is 958. The van der Waals surface area contributed by atoms with E-state index in [0.29, 0.717) is 6.42 Å². The molecule has 0 bridgehead atoms. The molecule has 0 heterocycles. The van der Waals surface area contributed by atoms with Crippen molar-refractivity contribution in [1.29, 1.82) is 0 Å². The summed E-state index contributed by atoms with van der Waals surface area (Å²) in [6.45, 7) is 4.19. The number of hydrogen-bond donors (Lipinski definition) is 4. The minimum atomic E-state index is -1.11. The van der Waals surface area contributed by atoms with Crippen LogP contribution < -0.4 is 5.32 Å². The SMILES string of the molecule is CCCCCCCCCCCCCC/C=C\CCCCCCCCCC(O)C(=O)NC(CO)C(O)/C=C/CC/C=C/CC/C=C/CCCCCCCCCCCCCC. The number of rotatable bonds is 47. The van der Waals surface area contributed by atoms with Gasteiger partial charge in [-0.25, -0.2) is 0 Å². The fourth-order valence-corrected chi connectivity index (χ4v) is 7.80. The van der Waals surface area contributed by atoms with Crippen LogP contribution in [-0.2, 0) is 4.79 Å². The number of aliphatic hydroxyl groups is 3. The van der Waals surface area contributed by atoms with Crippen LogP contribution in [0.15, 0.2) is 48.6 Å². The summed E-state index contributed by atoms with van der Waals surface area (Å²) in [5.74, 6) is -0.519. The average Bonchev–Trinajstić information content (AvgIpc) is 3.24. The molecule has 0 radical (unpaired) electrons. The normalized spacial score (nSPS) is 13.8. The van der Waals surface area contributed by atoms with Crippen molar-refractivity contribution in [1.82, 2.24) is 5.32 Å². The second-order valence-corrected chi connectivity index (χ2v) is 17.7. The third kappa shape index (κ3) is 44.2. The Morgan fingerprint density at radius 2 is 0.695 bits per heavy atom. The van der Waals surface area contributed by atoms with Crippen molar-refractivity contribution in [3.8, 4) is 0 Å². The van der Waals surface area contributed by atoms with Crippen LogP contribution in [0.25, 0.3) is 0 Å². The van der Waals surface area contributed by atoms with Gasteiger partial charge in [0.25, 0.3) is 0 Å². The minimum absolute atomic E-state index is 0.383. The van der Waals surface area contributed by atoms with Crippen LogP contribution in [0, 0.1) is 0 Å². The van der Waals surface area contributed by atoms with Crippen LogP contribution in [0.3, 0.4) is 0 Å². The fourth-order valence-electron chi connectivity index (χ4n) is 7.80. The summed E-state index contributed by atoms with van der Waals surface area (Å²) in [7, 11) is 0. The first-order chi connectivity index (χ1) is 29.1. The van der Waals surface area contributed by atoms with Crippen LogP contribution in [-0.4, -0.2) is 46.1 Å². The van der Waals surface area contributed by atoms with Gasteiger partial charge in [0.05, 0.1) is 18.8 Å². The van der Waals surface area contributed by atoms with Gasteiger partial charge >= 0.3 is 0 Å². The van der Waals surface area contributed by atoms with E-state index in [1.165, 1.54) is 199 Å². The molecular weight excluding hydrogens is 727 g/mol. The highest BCUT2D eigenvalue weighted by Crippen LogP contribution is 2.15. The van der Waals surface area contributed by atoms with Gasteiger partial charge < -0.3 is 20.6 Å². The lowest BCUT2D eigenvalue weighted by atomic mass is 10.0. The number of carbonyl (C=O) groups is 1. The highest BCUT2D eigenvalue weighted by atomic mass is 16.3. The first-order valence-corrected chi connectivity index (χ1v) is 26.0. The maximum Gasteiger partial charge on any atom is 0.249 e. The predicted molar refractivity (Wildman–Crippen MR) is 259 cm³/mol. The molecule has 59 heavy (non-hydrogen) atoms. The number of unbranched alkanes of at least 4 members (excludes halogenated alkanes) is 33. The van der Waals surface area contributed by atoms with E-state index in [1.54, 1.807) is 6.08 Å². The van der Waals surface area contributed by atoms with Gasteiger partial charge in [0.2, 0.25) is 5.91 Å². The number of hydrogen-bond acceptors (Lipinski definition) is 4. The van der Waals surface area contributed by atoms with E-state index in [0.717, 1.165) is 44.9 Å². The first kappa shape index (κ1) is 57.3. The predicted octanol–water partition coefficient (Wildman–Crippen LogP) is 15.7. The van der Waals surface area contributed by atoms with E-state index in [2.05, 4.69) is 55.6 Å². The van der Waals surface area contributed by atoms with Crippen molar-refractivity contribution in [3.63, 3.8) is 0 Å². The molecule has 0 rings (SSSR count). The maximum atomic E-state index is 12.5. The summed E-state index contributed by atoms with van der Waals surface area (Å²) in [6.07, 6.45) is 64.6. The van der Waals surface area contributed by atoms with E-state index < -0.39 is 24.2 Å².